The predicted octanol–water partition coefficient (Wildman–Crippen LogP) is 0.500. The van der Waals surface area contributed by atoms with E-state index in [4.69, 9.17) is 0 Å². The summed E-state index contributed by atoms with van der Waals surface area (Å²) in [7, 11) is 0. The first-order chi connectivity index (χ1) is 3.55. The Kier molecular flexibility index (Phi) is 3.38. The third-order valence-corrected chi connectivity index (χ3v) is 2.81. The first kappa shape index (κ1) is 8.22. The van der Waals surface area contributed by atoms with Gasteiger partial charge in [-0.1, -0.05) is 0 Å². The van der Waals surface area contributed by atoms with E-state index in [0.29, 0.717) is 0 Å². The van der Waals surface area contributed by atoms with Crippen LogP contribution in [0.15, 0.2) is 0 Å². The zero-order chi connectivity index (χ0) is 6.73. The van der Waals surface area contributed by atoms with E-state index in [1.807, 2.05) is 0 Å². The van der Waals surface area contributed by atoms with E-state index in [2.05, 4.69) is 0 Å². The SMILES string of the molecule is CC(=O)[CH]([Zr])C(C)=O. The number of ketones is 2. The molecule has 0 aliphatic carbocycles. The molecule has 0 spiro atoms. The van der Waals surface area contributed by atoms with Crippen LogP contribution < -0.4 is 0 Å². The molecule has 0 unspecified atom stereocenters. The first-order valence-electron chi connectivity index (χ1n) is 2.27. The molecule has 0 radical (unpaired) electrons. The van der Waals surface area contributed by atoms with Gasteiger partial charge in [-0.15, -0.1) is 0 Å². The number of hydrogen-bond acceptors (Lipinski definition) is 2. The predicted molar refractivity (Wildman–Crippen MR) is 25.1 cm³/mol. The summed E-state index contributed by atoms with van der Waals surface area (Å²) in [5.74, 6) is -0.0357. The van der Waals surface area contributed by atoms with Gasteiger partial charge in [0, 0.05) is 0 Å². The van der Waals surface area contributed by atoms with Crippen molar-refractivity contribution in [2.24, 2.45) is 0 Å². The van der Waals surface area contributed by atoms with E-state index < -0.39 is 0 Å². The Morgan fingerprint density at radius 1 is 1.25 bits per heavy atom. The number of Topliss-reactive ketones (excluding diaryl/α,β-unsaturated/α-hetero) is 2. The number of rotatable bonds is 2. The minimum absolute atomic E-state index is 0.0179. The molecule has 0 N–H and O–H groups in total. The minimum atomic E-state index is -0.317. The Hall–Kier alpha value is 0.223. The third-order valence-electron chi connectivity index (χ3n) is 0.813. The second kappa shape index (κ2) is 3.29. The standard InChI is InChI=1S/C5H7O2.Zr/c1-4(6)3-5(2)7;/h3H,1-2H3;. The average molecular weight is 190 g/mol. The van der Waals surface area contributed by atoms with Crippen molar-refractivity contribution in [3.05, 3.63) is 0 Å². The molecule has 0 saturated heterocycles. The van der Waals surface area contributed by atoms with Crippen LogP contribution in [-0.4, -0.2) is 11.6 Å². The summed E-state index contributed by atoms with van der Waals surface area (Å²) < 4.78 is -0.317. The van der Waals surface area contributed by atoms with Crippen LogP contribution in [-0.2, 0) is 34.3 Å². The van der Waals surface area contributed by atoms with Crippen molar-refractivity contribution in [1.82, 2.24) is 0 Å². The Morgan fingerprint density at radius 3 is 1.50 bits per heavy atom. The van der Waals surface area contributed by atoms with Gasteiger partial charge >= 0.3 is 63.3 Å². The average Bonchev–Trinajstić information content (AvgIpc) is 1.64. The van der Waals surface area contributed by atoms with Gasteiger partial charge in [-0.25, -0.2) is 0 Å². The molecule has 0 aromatic carbocycles. The van der Waals surface area contributed by atoms with Crippen molar-refractivity contribution < 1.29 is 34.3 Å². The van der Waals surface area contributed by atoms with Gasteiger partial charge in [0.25, 0.3) is 0 Å². The second-order valence-corrected chi connectivity index (χ2v) is 3.07. The van der Waals surface area contributed by atoms with Gasteiger partial charge in [-0.3, -0.25) is 0 Å². The van der Waals surface area contributed by atoms with Gasteiger partial charge in [0.2, 0.25) is 0 Å². The Balaban J connectivity index is 3.83. The molecule has 0 aromatic rings. The maximum absolute atomic E-state index is 10.4. The molecule has 3 heteroatoms. The fourth-order valence-electron chi connectivity index (χ4n) is 0.286. The van der Waals surface area contributed by atoms with Crippen LogP contribution in [0.4, 0.5) is 0 Å². The van der Waals surface area contributed by atoms with E-state index in [9.17, 15) is 9.59 Å². The molecule has 2 nitrogen and oxygen atoms in total. The van der Waals surface area contributed by atoms with E-state index in [0.717, 1.165) is 24.7 Å². The molecule has 0 rings (SSSR count). The topological polar surface area (TPSA) is 34.1 Å². The Labute approximate surface area is 63.5 Å². The van der Waals surface area contributed by atoms with Gasteiger partial charge in [-0.2, -0.15) is 0 Å². The third kappa shape index (κ3) is 2.51. The van der Waals surface area contributed by atoms with Crippen molar-refractivity contribution in [1.29, 1.82) is 0 Å². The molecule has 0 aliphatic rings. The molecular weight excluding hydrogens is 183 g/mol. The van der Waals surface area contributed by atoms with Gasteiger partial charge in [0.15, 0.2) is 0 Å². The zero-order valence-corrected chi connectivity index (χ0v) is 7.35. The van der Waals surface area contributed by atoms with Crippen LogP contribution in [0.2, 0.25) is 3.63 Å². The van der Waals surface area contributed by atoms with Gasteiger partial charge in [0.05, 0.1) is 0 Å². The summed E-state index contributed by atoms with van der Waals surface area (Å²) >= 11 is 0.996. The molecular formula is C5H7O2Zr. The van der Waals surface area contributed by atoms with Crippen LogP contribution in [0.1, 0.15) is 13.8 Å². The van der Waals surface area contributed by atoms with Crippen molar-refractivity contribution in [3.63, 3.8) is 0 Å². The monoisotopic (exact) mass is 189 g/mol. The molecule has 8 heavy (non-hydrogen) atoms. The summed E-state index contributed by atoms with van der Waals surface area (Å²) in [4.78, 5) is 20.8. The molecule has 0 saturated carbocycles. The fraction of sp³-hybridized carbons (Fsp3) is 0.600. The quantitative estimate of drug-likeness (QED) is 0.594. The molecule has 43 valence electrons. The van der Waals surface area contributed by atoms with E-state index in [-0.39, 0.29) is 15.2 Å². The van der Waals surface area contributed by atoms with Gasteiger partial charge in [0.1, 0.15) is 0 Å². The molecule has 0 aliphatic heterocycles. The van der Waals surface area contributed by atoms with Crippen LogP contribution in [0.3, 0.4) is 0 Å². The van der Waals surface area contributed by atoms with Crippen molar-refractivity contribution in [2.45, 2.75) is 17.5 Å². The summed E-state index contributed by atoms with van der Waals surface area (Å²) in [6.07, 6.45) is 0. The number of hydrogen-bond donors (Lipinski definition) is 0. The van der Waals surface area contributed by atoms with Crippen LogP contribution in [0, 0.1) is 0 Å². The van der Waals surface area contributed by atoms with Crippen LogP contribution >= 0.6 is 0 Å². The van der Waals surface area contributed by atoms with Crippen LogP contribution in [0.25, 0.3) is 0 Å². The van der Waals surface area contributed by atoms with E-state index in [1.54, 1.807) is 0 Å². The summed E-state index contributed by atoms with van der Waals surface area (Å²) in [5, 5.41) is 0. The fourth-order valence-corrected chi connectivity index (χ4v) is 0.286. The van der Waals surface area contributed by atoms with E-state index >= 15 is 0 Å². The zero-order valence-electron chi connectivity index (χ0n) is 4.89. The van der Waals surface area contributed by atoms with Crippen molar-refractivity contribution in [2.75, 3.05) is 0 Å². The summed E-state index contributed by atoms with van der Waals surface area (Å²) in [6, 6.07) is 0. The molecule has 0 bridgehead atoms. The summed E-state index contributed by atoms with van der Waals surface area (Å²) in [6.45, 7) is 2.89. The normalized spacial score (nSPS) is 9.25. The van der Waals surface area contributed by atoms with E-state index in [1.165, 1.54) is 13.8 Å². The number of carbonyl (C=O) groups is 2. The van der Waals surface area contributed by atoms with Crippen molar-refractivity contribution >= 4 is 11.6 Å². The van der Waals surface area contributed by atoms with Gasteiger partial charge in [-0.05, 0) is 0 Å². The van der Waals surface area contributed by atoms with Crippen molar-refractivity contribution in [3.8, 4) is 0 Å². The molecule has 0 atom stereocenters. The van der Waals surface area contributed by atoms with Crippen LogP contribution in [0.5, 0.6) is 0 Å². The Morgan fingerprint density at radius 2 is 1.50 bits per heavy atom. The maximum atomic E-state index is 10.4. The molecule has 0 fully saturated rings. The van der Waals surface area contributed by atoms with Gasteiger partial charge < -0.3 is 0 Å². The number of carbonyl (C=O) groups excluding carboxylic acids is 2. The second-order valence-electron chi connectivity index (χ2n) is 1.65. The molecule has 0 amide bonds. The molecule has 0 heterocycles. The first-order valence-corrected chi connectivity index (χ1v) is 3.69. The molecule has 0 aromatic heterocycles. The Bertz CT molecular complexity index is 106. The summed E-state index contributed by atoms with van der Waals surface area (Å²) in [5.41, 5.74) is 0.